The molecular weight excluding hydrogens is 263 g/mol. The van der Waals surface area contributed by atoms with Crippen molar-refractivity contribution in [3.63, 3.8) is 0 Å². The van der Waals surface area contributed by atoms with Crippen molar-refractivity contribution in [1.29, 1.82) is 0 Å². The second kappa shape index (κ2) is 4.15. The van der Waals surface area contributed by atoms with Crippen LogP contribution in [-0.2, 0) is 18.0 Å². The number of carbonyl (C=O) groups is 1. The highest BCUT2D eigenvalue weighted by Gasteiger charge is 2.33. The lowest BCUT2D eigenvalue weighted by atomic mass is 10.2. The van der Waals surface area contributed by atoms with Crippen molar-refractivity contribution in [2.24, 2.45) is 7.05 Å². The van der Waals surface area contributed by atoms with Crippen LogP contribution in [0.25, 0.3) is 11.0 Å². The molecule has 102 valence electrons. The van der Waals surface area contributed by atoms with Crippen LogP contribution >= 0.6 is 0 Å². The van der Waals surface area contributed by atoms with Crippen molar-refractivity contribution in [1.82, 2.24) is 9.55 Å². The Kier molecular flexibility index (Phi) is 2.88. The van der Waals surface area contributed by atoms with E-state index in [0.29, 0.717) is 0 Å². The summed E-state index contributed by atoms with van der Waals surface area (Å²) in [5.41, 5.74) is 4.69. The van der Waals surface area contributed by atoms with Crippen molar-refractivity contribution in [2.75, 3.05) is 12.8 Å². The number of alkyl halides is 3. The number of nitrogen functional groups attached to an aromatic ring is 1. The highest BCUT2D eigenvalue weighted by Crippen LogP contribution is 2.32. The van der Waals surface area contributed by atoms with Crippen LogP contribution in [0, 0.1) is 0 Å². The maximum absolute atomic E-state index is 12.6. The minimum atomic E-state index is -4.56. The van der Waals surface area contributed by atoms with Gasteiger partial charge in [0.1, 0.15) is 11.3 Å². The molecule has 5 nitrogen and oxygen atoms in total. The number of ether oxygens (including phenoxy) is 1. The van der Waals surface area contributed by atoms with Gasteiger partial charge in [-0.1, -0.05) is 0 Å². The number of carbonyl (C=O) groups excluding carboxylic acids is 1. The van der Waals surface area contributed by atoms with Crippen LogP contribution in [0.2, 0.25) is 0 Å². The minimum Gasteiger partial charge on any atom is -0.464 e. The topological polar surface area (TPSA) is 70.1 Å². The van der Waals surface area contributed by atoms with E-state index in [1.54, 1.807) is 0 Å². The van der Waals surface area contributed by atoms with Crippen molar-refractivity contribution in [3.8, 4) is 0 Å². The summed E-state index contributed by atoms with van der Waals surface area (Å²) in [6.07, 6.45) is -4.56. The fourth-order valence-electron chi connectivity index (χ4n) is 1.83. The first-order valence-electron chi connectivity index (χ1n) is 5.17. The summed E-state index contributed by atoms with van der Waals surface area (Å²) in [6.45, 7) is 0. The van der Waals surface area contributed by atoms with Crippen LogP contribution in [0.15, 0.2) is 12.1 Å². The number of aryl methyl sites for hydroxylation is 1. The number of methoxy groups -OCH3 is 1. The van der Waals surface area contributed by atoms with Crippen molar-refractivity contribution < 1.29 is 22.7 Å². The van der Waals surface area contributed by atoms with E-state index in [1.807, 2.05) is 0 Å². The lowest BCUT2D eigenvalue weighted by molar-refractivity contribution is -0.141. The zero-order chi connectivity index (χ0) is 14.4. The van der Waals surface area contributed by atoms with Gasteiger partial charge in [0, 0.05) is 12.4 Å². The molecule has 0 unspecified atom stereocenters. The van der Waals surface area contributed by atoms with Gasteiger partial charge in [-0.05, 0) is 12.1 Å². The maximum Gasteiger partial charge on any atom is 0.433 e. The molecule has 0 spiro atoms. The Hall–Kier alpha value is -2.25. The molecule has 0 radical (unpaired) electrons. The van der Waals surface area contributed by atoms with E-state index < -0.39 is 17.8 Å². The molecule has 0 atom stereocenters. The average Bonchev–Trinajstić information content (AvgIpc) is 2.60. The third-order valence-corrected chi connectivity index (χ3v) is 2.74. The van der Waals surface area contributed by atoms with E-state index in [1.165, 1.54) is 17.7 Å². The van der Waals surface area contributed by atoms with Gasteiger partial charge in [0.2, 0.25) is 0 Å². The number of halogens is 3. The van der Waals surface area contributed by atoms with E-state index in [2.05, 4.69) is 9.72 Å². The fraction of sp³-hybridized carbons (Fsp3) is 0.273. The molecule has 2 aromatic rings. The zero-order valence-corrected chi connectivity index (χ0v) is 10.1. The Morgan fingerprint density at radius 2 is 2.05 bits per heavy atom. The predicted molar refractivity (Wildman–Crippen MR) is 61.5 cm³/mol. The monoisotopic (exact) mass is 273 g/mol. The van der Waals surface area contributed by atoms with Gasteiger partial charge in [-0.15, -0.1) is 0 Å². The van der Waals surface area contributed by atoms with Gasteiger partial charge < -0.3 is 15.0 Å². The van der Waals surface area contributed by atoms with E-state index in [9.17, 15) is 18.0 Å². The molecule has 0 bridgehead atoms. The summed E-state index contributed by atoms with van der Waals surface area (Å²) in [4.78, 5) is 15.0. The molecule has 0 fully saturated rings. The Morgan fingerprint density at radius 1 is 1.42 bits per heavy atom. The molecule has 0 aromatic carbocycles. The summed E-state index contributed by atoms with van der Waals surface area (Å²) in [7, 11) is 2.56. The first-order valence-corrected chi connectivity index (χ1v) is 5.17. The summed E-state index contributed by atoms with van der Waals surface area (Å²) in [5, 5.41) is 0.274. The maximum atomic E-state index is 12.6. The molecule has 2 N–H and O–H groups in total. The normalized spacial score (nSPS) is 11.8. The number of rotatable bonds is 1. The number of hydrogen-bond acceptors (Lipinski definition) is 4. The predicted octanol–water partition coefficient (Wildman–Crippen LogP) is 1.96. The molecule has 0 aliphatic heterocycles. The Morgan fingerprint density at radius 3 is 2.58 bits per heavy atom. The minimum absolute atomic E-state index is 0.0206. The van der Waals surface area contributed by atoms with Crippen LogP contribution < -0.4 is 5.73 Å². The number of pyridine rings is 1. The van der Waals surface area contributed by atoms with Crippen molar-refractivity contribution in [3.05, 3.63) is 23.5 Å². The number of anilines is 1. The van der Waals surface area contributed by atoms with Crippen molar-refractivity contribution in [2.45, 2.75) is 6.18 Å². The first kappa shape index (κ1) is 13.2. The van der Waals surface area contributed by atoms with Gasteiger partial charge in [-0.2, -0.15) is 13.2 Å². The Balaban J connectivity index is 2.75. The average molecular weight is 273 g/mol. The number of aromatic nitrogens is 2. The van der Waals surface area contributed by atoms with E-state index in [0.717, 1.165) is 13.2 Å². The van der Waals surface area contributed by atoms with Gasteiger partial charge in [-0.3, -0.25) is 0 Å². The molecule has 0 saturated heterocycles. The SMILES string of the molecule is COC(=O)c1c(N)c2ccc(C(F)(F)F)nc2n1C. The molecule has 2 aromatic heterocycles. The molecule has 8 heteroatoms. The fourth-order valence-corrected chi connectivity index (χ4v) is 1.83. The standard InChI is InChI=1S/C11H10F3N3O2/c1-17-8(10(18)19-2)7(15)5-3-4-6(11(12,13)14)16-9(5)17/h3-4H,15H2,1-2H3. The summed E-state index contributed by atoms with van der Waals surface area (Å²) in [5.74, 6) is -0.730. The van der Waals surface area contributed by atoms with Crippen molar-refractivity contribution >= 4 is 22.7 Å². The quantitative estimate of drug-likeness (QED) is 0.806. The van der Waals surface area contributed by atoms with Gasteiger partial charge in [0.25, 0.3) is 0 Å². The molecule has 19 heavy (non-hydrogen) atoms. The summed E-state index contributed by atoms with van der Waals surface area (Å²) in [6, 6.07) is 2.01. The van der Waals surface area contributed by atoms with Crippen LogP contribution in [0.4, 0.5) is 18.9 Å². The summed E-state index contributed by atoms with van der Waals surface area (Å²) >= 11 is 0. The second-order valence-corrected chi connectivity index (χ2v) is 3.88. The number of hydrogen-bond donors (Lipinski definition) is 1. The third kappa shape index (κ3) is 1.98. The van der Waals surface area contributed by atoms with E-state index in [-0.39, 0.29) is 22.4 Å². The number of nitrogens with two attached hydrogens (primary N) is 1. The first-order chi connectivity index (χ1) is 8.77. The van der Waals surface area contributed by atoms with Gasteiger partial charge in [-0.25, -0.2) is 9.78 Å². The van der Waals surface area contributed by atoms with Crippen LogP contribution in [0.1, 0.15) is 16.2 Å². The number of esters is 1. The highest BCUT2D eigenvalue weighted by atomic mass is 19.4. The molecule has 0 aliphatic carbocycles. The van der Waals surface area contributed by atoms with Gasteiger partial charge in [0.15, 0.2) is 5.69 Å². The molecular formula is C11H10F3N3O2. The third-order valence-electron chi connectivity index (χ3n) is 2.74. The zero-order valence-electron chi connectivity index (χ0n) is 10.1. The number of nitrogens with zero attached hydrogens (tertiary/aromatic N) is 2. The number of fused-ring (bicyclic) bond motifs is 1. The van der Waals surface area contributed by atoms with Gasteiger partial charge in [0.05, 0.1) is 12.8 Å². The van der Waals surface area contributed by atoms with E-state index in [4.69, 9.17) is 5.73 Å². The highest BCUT2D eigenvalue weighted by molar-refractivity contribution is 6.04. The van der Waals surface area contributed by atoms with Gasteiger partial charge >= 0.3 is 12.1 Å². The van der Waals surface area contributed by atoms with Crippen LogP contribution in [-0.4, -0.2) is 22.6 Å². The lowest BCUT2D eigenvalue weighted by Crippen LogP contribution is -2.11. The molecule has 2 heterocycles. The Labute approximate surface area is 105 Å². The molecule has 0 saturated carbocycles. The van der Waals surface area contributed by atoms with E-state index >= 15 is 0 Å². The van der Waals surface area contributed by atoms with Crippen LogP contribution in [0.5, 0.6) is 0 Å². The molecule has 0 aliphatic rings. The molecule has 2 rings (SSSR count). The summed E-state index contributed by atoms with van der Waals surface area (Å²) < 4.78 is 43.5. The Bertz CT molecular complexity index is 661. The van der Waals surface area contributed by atoms with Crippen LogP contribution in [0.3, 0.4) is 0 Å². The molecule has 0 amide bonds. The largest absolute Gasteiger partial charge is 0.464 e. The lowest BCUT2D eigenvalue weighted by Gasteiger charge is -2.06. The smallest absolute Gasteiger partial charge is 0.433 e. The second-order valence-electron chi connectivity index (χ2n) is 3.88.